The number of fused-ring (bicyclic) bond motifs is 1. The zero-order valence-corrected chi connectivity index (χ0v) is 16.9. The Morgan fingerprint density at radius 1 is 1.03 bits per heavy atom. The summed E-state index contributed by atoms with van der Waals surface area (Å²) < 4.78 is 29.0. The molecule has 0 aliphatic rings. The summed E-state index contributed by atoms with van der Waals surface area (Å²) in [6, 6.07) is 17.2. The quantitative estimate of drug-likeness (QED) is 0.475. The Hall–Kier alpha value is -3.01. The maximum Gasteiger partial charge on any atom is 0.270 e. The van der Waals surface area contributed by atoms with E-state index in [1.165, 1.54) is 35.3 Å². The Labute approximate surface area is 172 Å². The maximum atomic E-state index is 12.5. The van der Waals surface area contributed by atoms with E-state index < -0.39 is 10.0 Å². The van der Waals surface area contributed by atoms with Gasteiger partial charge in [-0.15, -0.1) is 11.3 Å². The number of rotatable bonds is 7. The number of imidazole rings is 1. The molecule has 4 aromatic rings. The van der Waals surface area contributed by atoms with Crippen LogP contribution >= 0.6 is 11.3 Å². The van der Waals surface area contributed by atoms with Gasteiger partial charge in [-0.05, 0) is 54.3 Å². The minimum absolute atomic E-state index is 0.119. The minimum Gasteiger partial charge on any atom is -0.267 e. The molecule has 0 fully saturated rings. The van der Waals surface area contributed by atoms with Crippen LogP contribution in [0.3, 0.4) is 0 Å². The van der Waals surface area contributed by atoms with Gasteiger partial charge in [0.25, 0.3) is 5.91 Å². The van der Waals surface area contributed by atoms with E-state index in [4.69, 9.17) is 0 Å². The third-order valence-electron chi connectivity index (χ3n) is 4.35. The van der Waals surface area contributed by atoms with E-state index in [1.54, 1.807) is 11.3 Å². The number of benzene rings is 2. The highest BCUT2D eigenvalue weighted by Gasteiger charge is 2.15. The molecule has 2 aromatic heterocycles. The highest BCUT2D eigenvalue weighted by atomic mass is 32.2. The number of carbonyl (C=O) groups excluding carboxylic acids is 1. The molecule has 0 bridgehead atoms. The smallest absolute Gasteiger partial charge is 0.267 e. The van der Waals surface area contributed by atoms with Crippen molar-refractivity contribution in [2.45, 2.75) is 11.3 Å². The lowest BCUT2D eigenvalue weighted by Crippen LogP contribution is -2.26. The second kappa shape index (κ2) is 8.16. The fourth-order valence-corrected chi connectivity index (χ4v) is 4.60. The van der Waals surface area contributed by atoms with Gasteiger partial charge in [-0.2, -0.15) is 0 Å². The molecule has 0 spiro atoms. The van der Waals surface area contributed by atoms with Crippen LogP contribution in [0.5, 0.6) is 0 Å². The fraction of sp³-hybridized carbons (Fsp3) is 0.100. The first-order chi connectivity index (χ1) is 14.0. The Balaban J connectivity index is 1.42. The van der Waals surface area contributed by atoms with Crippen molar-refractivity contribution < 1.29 is 13.2 Å². The second-order valence-electron chi connectivity index (χ2n) is 6.30. The molecule has 4 rings (SSSR count). The summed E-state index contributed by atoms with van der Waals surface area (Å²) in [7, 11) is -3.63. The predicted molar refractivity (Wildman–Crippen MR) is 113 cm³/mol. The highest BCUT2D eigenvalue weighted by molar-refractivity contribution is 7.89. The predicted octanol–water partition coefficient (Wildman–Crippen LogP) is 3.00. The number of amides is 1. The third-order valence-corrected chi connectivity index (χ3v) is 6.76. The minimum atomic E-state index is -3.63. The van der Waals surface area contributed by atoms with Gasteiger partial charge in [0.2, 0.25) is 10.0 Å². The molecule has 29 heavy (non-hydrogen) atoms. The summed E-state index contributed by atoms with van der Waals surface area (Å²) >= 11 is 1.59. The highest BCUT2D eigenvalue weighted by Crippen LogP contribution is 2.14. The molecule has 0 unspecified atom stereocenters. The first-order valence-corrected chi connectivity index (χ1v) is 11.2. The Kier molecular flexibility index (Phi) is 5.43. The molecule has 0 atom stereocenters. The SMILES string of the molecule is O=C(Nn1cnc2ccccc21)c1ccc(S(=O)(=O)NCCc2cccs2)cc1. The van der Waals surface area contributed by atoms with Gasteiger partial charge >= 0.3 is 0 Å². The lowest BCUT2D eigenvalue weighted by molar-refractivity contribution is 0.101. The average molecular weight is 427 g/mol. The van der Waals surface area contributed by atoms with E-state index in [2.05, 4.69) is 15.1 Å². The zero-order valence-electron chi connectivity index (χ0n) is 15.3. The van der Waals surface area contributed by atoms with Crippen LogP contribution in [-0.2, 0) is 16.4 Å². The molecule has 148 valence electrons. The molecule has 1 amide bonds. The molecule has 0 saturated carbocycles. The molecule has 0 aliphatic heterocycles. The van der Waals surface area contributed by atoms with Crippen molar-refractivity contribution >= 4 is 38.3 Å². The van der Waals surface area contributed by atoms with Gasteiger partial charge < -0.3 is 0 Å². The first-order valence-electron chi connectivity index (χ1n) is 8.88. The summed E-state index contributed by atoms with van der Waals surface area (Å²) in [5.74, 6) is -0.359. The van der Waals surface area contributed by atoms with Gasteiger partial charge in [-0.25, -0.2) is 22.8 Å². The number of aromatic nitrogens is 2. The van der Waals surface area contributed by atoms with Gasteiger partial charge in [-0.1, -0.05) is 18.2 Å². The van der Waals surface area contributed by atoms with E-state index in [1.807, 2.05) is 41.8 Å². The van der Waals surface area contributed by atoms with Crippen molar-refractivity contribution in [3.63, 3.8) is 0 Å². The van der Waals surface area contributed by atoms with Gasteiger partial charge in [-0.3, -0.25) is 10.2 Å². The summed E-state index contributed by atoms with van der Waals surface area (Å²) in [5.41, 5.74) is 4.63. The summed E-state index contributed by atoms with van der Waals surface area (Å²) in [5, 5.41) is 1.96. The van der Waals surface area contributed by atoms with Crippen molar-refractivity contribution in [3.8, 4) is 0 Å². The van der Waals surface area contributed by atoms with Crippen molar-refractivity contribution in [1.82, 2.24) is 14.4 Å². The maximum absolute atomic E-state index is 12.5. The van der Waals surface area contributed by atoms with E-state index in [-0.39, 0.29) is 10.8 Å². The number of thiophene rings is 1. The summed E-state index contributed by atoms with van der Waals surface area (Å²) in [6.45, 7) is 0.318. The molecule has 0 saturated heterocycles. The topological polar surface area (TPSA) is 93.1 Å². The van der Waals surface area contributed by atoms with Crippen LogP contribution in [0, 0.1) is 0 Å². The number of sulfonamides is 1. The molecule has 9 heteroatoms. The van der Waals surface area contributed by atoms with Crippen LogP contribution in [0.4, 0.5) is 0 Å². The molecule has 7 nitrogen and oxygen atoms in total. The van der Waals surface area contributed by atoms with Crippen LogP contribution < -0.4 is 10.1 Å². The molecular weight excluding hydrogens is 408 g/mol. The molecule has 0 radical (unpaired) electrons. The van der Waals surface area contributed by atoms with Crippen molar-refractivity contribution in [2.24, 2.45) is 0 Å². The first kappa shape index (κ1) is 19.3. The van der Waals surface area contributed by atoms with E-state index >= 15 is 0 Å². The Morgan fingerprint density at radius 2 is 1.83 bits per heavy atom. The van der Waals surface area contributed by atoms with Gasteiger partial charge in [0.15, 0.2) is 0 Å². The third kappa shape index (κ3) is 4.37. The summed E-state index contributed by atoms with van der Waals surface area (Å²) in [4.78, 5) is 18.0. The van der Waals surface area contributed by atoms with E-state index in [9.17, 15) is 13.2 Å². The molecule has 0 aliphatic carbocycles. The Bertz CT molecular complexity index is 1230. The number of hydrogen-bond donors (Lipinski definition) is 2. The van der Waals surface area contributed by atoms with E-state index in [0.29, 0.717) is 18.5 Å². The molecule has 2 heterocycles. The van der Waals surface area contributed by atoms with Crippen LogP contribution in [0.25, 0.3) is 11.0 Å². The monoisotopic (exact) mass is 426 g/mol. The number of carbonyl (C=O) groups is 1. The lowest BCUT2D eigenvalue weighted by Gasteiger charge is -2.09. The molecular formula is C20H18N4O3S2. The number of hydrogen-bond acceptors (Lipinski definition) is 5. The van der Waals surface area contributed by atoms with E-state index in [0.717, 1.165) is 15.9 Å². The normalized spacial score (nSPS) is 11.6. The number of nitrogens with zero attached hydrogens (tertiary/aromatic N) is 2. The van der Waals surface area contributed by atoms with Crippen LogP contribution in [0.15, 0.2) is 77.3 Å². The van der Waals surface area contributed by atoms with Gasteiger partial charge in [0.1, 0.15) is 6.33 Å². The van der Waals surface area contributed by atoms with Crippen molar-refractivity contribution in [1.29, 1.82) is 0 Å². The lowest BCUT2D eigenvalue weighted by atomic mass is 10.2. The van der Waals surface area contributed by atoms with Gasteiger partial charge in [0.05, 0.1) is 15.9 Å². The Morgan fingerprint density at radius 3 is 2.59 bits per heavy atom. The number of para-hydroxylation sites is 2. The molecule has 2 aromatic carbocycles. The van der Waals surface area contributed by atoms with Crippen molar-refractivity contribution in [2.75, 3.05) is 12.0 Å². The van der Waals surface area contributed by atoms with Crippen LogP contribution in [0.2, 0.25) is 0 Å². The largest absolute Gasteiger partial charge is 0.270 e. The summed E-state index contributed by atoms with van der Waals surface area (Å²) in [6.07, 6.45) is 2.16. The standard InChI is InChI=1S/C20H18N4O3S2/c25-20(23-24-14-21-18-5-1-2-6-19(18)24)15-7-9-17(10-8-15)29(26,27)22-12-11-16-4-3-13-28-16/h1-10,13-14,22H,11-12H2,(H,23,25). The van der Waals surface area contributed by atoms with Crippen LogP contribution in [-0.4, -0.2) is 30.5 Å². The number of nitrogens with one attached hydrogen (secondary N) is 2. The second-order valence-corrected chi connectivity index (χ2v) is 9.09. The van der Waals surface area contributed by atoms with Gasteiger partial charge in [0, 0.05) is 17.0 Å². The van der Waals surface area contributed by atoms with Crippen molar-refractivity contribution in [3.05, 3.63) is 82.8 Å². The molecule has 2 N–H and O–H groups in total. The zero-order chi connectivity index (χ0) is 20.3. The fourth-order valence-electron chi connectivity index (χ4n) is 2.85. The average Bonchev–Trinajstić information content (AvgIpc) is 3.38. The van der Waals surface area contributed by atoms with Crippen LogP contribution in [0.1, 0.15) is 15.2 Å².